The molecule has 2 heteroatoms. The van der Waals surface area contributed by atoms with Gasteiger partial charge in [-0.15, -0.1) is 0 Å². The molecule has 0 aliphatic heterocycles. The van der Waals surface area contributed by atoms with E-state index in [1.54, 1.807) is 0 Å². The summed E-state index contributed by atoms with van der Waals surface area (Å²) in [6, 6.07) is 10.6. The van der Waals surface area contributed by atoms with Crippen molar-refractivity contribution < 1.29 is 0 Å². The Morgan fingerprint density at radius 3 is 2.76 bits per heavy atom. The first-order valence-electron chi connectivity index (χ1n) is 6.02. The van der Waals surface area contributed by atoms with Gasteiger partial charge in [-0.2, -0.15) is 0 Å². The predicted molar refractivity (Wildman–Crippen MR) is 72.8 cm³/mol. The van der Waals surface area contributed by atoms with Gasteiger partial charge in [-0.3, -0.25) is 0 Å². The summed E-state index contributed by atoms with van der Waals surface area (Å²) in [5, 5.41) is 0. The minimum absolute atomic E-state index is 0.580. The van der Waals surface area contributed by atoms with Crippen molar-refractivity contribution in [3.05, 3.63) is 47.7 Å². The van der Waals surface area contributed by atoms with Gasteiger partial charge in [0.1, 0.15) is 5.82 Å². The Kier molecular flexibility index (Phi) is 3.43. The van der Waals surface area contributed by atoms with Crippen LogP contribution in [0.5, 0.6) is 0 Å². The van der Waals surface area contributed by atoms with E-state index in [9.17, 15) is 0 Å². The Balaban J connectivity index is 2.42. The van der Waals surface area contributed by atoms with Crippen LogP contribution in [0, 0.1) is 6.92 Å². The Morgan fingerprint density at radius 2 is 2.06 bits per heavy atom. The van der Waals surface area contributed by atoms with Gasteiger partial charge in [0.15, 0.2) is 0 Å². The number of hydrogen-bond acceptors (Lipinski definition) is 2. The van der Waals surface area contributed by atoms with Crippen molar-refractivity contribution >= 4 is 5.82 Å². The Morgan fingerprint density at radius 1 is 1.24 bits per heavy atom. The Hall–Kier alpha value is -1.83. The molecule has 17 heavy (non-hydrogen) atoms. The van der Waals surface area contributed by atoms with Crippen LogP contribution in [0.1, 0.15) is 24.5 Å². The van der Waals surface area contributed by atoms with E-state index in [0.29, 0.717) is 5.82 Å². The van der Waals surface area contributed by atoms with E-state index < -0.39 is 0 Å². The summed E-state index contributed by atoms with van der Waals surface area (Å²) in [5.74, 6) is 0.580. The normalized spacial score (nSPS) is 10.5. The van der Waals surface area contributed by atoms with Gasteiger partial charge in [0.2, 0.25) is 0 Å². The van der Waals surface area contributed by atoms with Crippen molar-refractivity contribution in [2.45, 2.75) is 26.7 Å². The van der Waals surface area contributed by atoms with Crippen molar-refractivity contribution in [3.8, 4) is 11.1 Å². The van der Waals surface area contributed by atoms with E-state index >= 15 is 0 Å². The molecule has 2 N–H and O–H groups in total. The number of benzene rings is 1. The van der Waals surface area contributed by atoms with Crippen LogP contribution in [0.4, 0.5) is 5.82 Å². The fraction of sp³-hybridized carbons (Fsp3) is 0.267. The average molecular weight is 226 g/mol. The number of nitrogen functional groups attached to an aromatic ring is 1. The molecule has 0 radical (unpaired) electrons. The maximum absolute atomic E-state index is 5.67. The van der Waals surface area contributed by atoms with E-state index in [1.165, 1.54) is 23.1 Å². The van der Waals surface area contributed by atoms with Crippen LogP contribution >= 0.6 is 0 Å². The second kappa shape index (κ2) is 5.00. The Bertz CT molecular complexity index is 518. The van der Waals surface area contributed by atoms with Crippen molar-refractivity contribution in [1.82, 2.24) is 4.98 Å². The van der Waals surface area contributed by atoms with Gasteiger partial charge < -0.3 is 5.73 Å². The smallest absolute Gasteiger partial charge is 0.123 e. The van der Waals surface area contributed by atoms with Crippen LogP contribution in [0.25, 0.3) is 11.1 Å². The lowest BCUT2D eigenvalue weighted by Gasteiger charge is -2.08. The molecule has 0 saturated carbocycles. The van der Waals surface area contributed by atoms with E-state index in [4.69, 9.17) is 5.73 Å². The van der Waals surface area contributed by atoms with Gasteiger partial charge in [0.25, 0.3) is 0 Å². The van der Waals surface area contributed by atoms with Crippen molar-refractivity contribution in [2.75, 3.05) is 5.73 Å². The highest BCUT2D eigenvalue weighted by Crippen LogP contribution is 2.24. The highest BCUT2D eigenvalue weighted by Gasteiger charge is 2.03. The lowest BCUT2D eigenvalue weighted by molar-refractivity contribution is 0.922. The third-order valence-electron chi connectivity index (χ3n) is 2.91. The van der Waals surface area contributed by atoms with Crippen molar-refractivity contribution in [3.63, 3.8) is 0 Å². The van der Waals surface area contributed by atoms with E-state index in [2.05, 4.69) is 43.1 Å². The monoisotopic (exact) mass is 226 g/mol. The molecule has 0 saturated heterocycles. The van der Waals surface area contributed by atoms with Gasteiger partial charge in [0, 0.05) is 11.8 Å². The molecular formula is C15H18N2. The summed E-state index contributed by atoms with van der Waals surface area (Å²) in [5.41, 5.74) is 10.6. The molecular weight excluding hydrogens is 208 g/mol. The average Bonchev–Trinajstić information content (AvgIpc) is 2.29. The molecule has 2 rings (SSSR count). The molecule has 2 aromatic rings. The summed E-state index contributed by atoms with van der Waals surface area (Å²) < 4.78 is 0. The van der Waals surface area contributed by atoms with Gasteiger partial charge in [0.05, 0.1) is 0 Å². The quantitative estimate of drug-likeness (QED) is 0.868. The molecule has 0 spiro atoms. The van der Waals surface area contributed by atoms with Gasteiger partial charge in [-0.25, -0.2) is 4.98 Å². The lowest BCUT2D eigenvalue weighted by atomic mass is 9.99. The van der Waals surface area contributed by atoms with Crippen LogP contribution < -0.4 is 5.73 Å². The molecule has 88 valence electrons. The largest absolute Gasteiger partial charge is 0.384 e. The zero-order valence-electron chi connectivity index (χ0n) is 10.4. The minimum Gasteiger partial charge on any atom is -0.384 e. The number of aryl methyl sites for hydroxylation is 2. The number of pyridine rings is 1. The van der Waals surface area contributed by atoms with Crippen molar-refractivity contribution in [2.24, 2.45) is 0 Å². The van der Waals surface area contributed by atoms with Crippen LogP contribution in [0.2, 0.25) is 0 Å². The summed E-state index contributed by atoms with van der Waals surface area (Å²) in [6.45, 7) is 4.27. The fourth-order valence-electron chi connectivity index (χ4n) is 2.06. The first-order valence-corrected chi connectivity index (χ1v) is 6.02. The number of rotatable bonds is 3. The first kappa shape index (κ1) is 11.6. The number of anilines is 1. The molecule has 0 bridgehead atoms. The highest BCUT2D eigenvalue weighted by molar-refractivity contribution is 5.68. The zero-order chi connectivity index (χ0) is 12.3. The van der Waals surface area contributed by atoms with E-state index in [1.807, 2.05) is 12.3 Å². The number of nitrogens with zero attached hydrogens (tertiary/aromatic N) is 1. The maximum Gasteiger partial charge on any atom is 0.123 e. The lowest BCUT2D eigenvalue weighted by Crippen LogP contribution is -1.93. The summed E-state index contributed by atoms with van der Waals surface area (Å²) in [7, 11) is 0. The van der Waals surface area contributed by atoms with Gasteiger partial charge in [-0.05, 0) is 36.1 Å². The van der Waals surface area contributed by atoms with Crippen LogP contribution in [0.15, 0.2) is 36.5 Å². The first-order chi connectivity index (χ1) is 8.20. The minimum atomic E-state index is 0.580. The van der Waals surface area contributed by atoms with Crippen LogP contribution in [0.3, 0.4) is 0 Å². The van der Waals surface area contributed by atoms with E-state index in [-0.39, 0.29) is 0 Å². The summed E-state index contributed by atoms with van der Waals surface area (Å²) in [4.78, 5) is 4.17. The third kappa shape index (κ3) is 2.64. The number of hydrogen-bond donors (Lipinski definition) is 1. The number of aromatic nitrogens is 1. The fourth-order valence-corrected chi connectivity index (χ4v) is 2.06. The molecule has 1 aromatic carbocycles. The predicted octanol–water partition coefficient (Wildman–Crippen LogP) is 3.59. The van der Waals surface area contributed by atoms with Crippen molar-refractivity contribution in [1.29, 1.82) is 0 Å². The SMILES string of the molecule is CCCc1cccc(-c2cnc(N)cc2C)c1. The summed E-state index contributed by atoms with van der Waals surface area (Å²) in [6.07, 6.45) is 4.15. The number of nitrogens with two attached hydrogens (primary N) is 1. The Labute approximate surface area is 103 Å². The molecule has 2 nitrogen and oxygen atoms in total. The molecule has 0 amide bonds. The second-order valence-corrected chi connectivity index (χ2v) is 4.37. The molecule has 0 aliphatic rings. The maximum atomic E-state index is 5.67. The van der Waals surface area contributed by atoms with Crippen LogP contribution in [-0.4, -0.2) is 4.98 Å². The zero-order valence-corrected chi connectivity index (χ0v) is 10.4. The molecule has 0 unspecified atom stereocenters. The third-order valence-corrected chi connectivity index (χ3v) is 2.91. The topological polar surface area (TPSA) is 38.9 Å². The molecule has 1 heterocycles. The molecule has 0 fully saturated rings. The van der Waals surface area contributed by atoms with E-state index in [0.717, 1.165) is 12.0 Å². The van der Waals surface area contributed by atoms with Crippen LogP contribution in [-0.2, 0) is 6.42 Å². The highest BCUT2D eigenvalue weighted by atomic mass is 14.8. The van der Waals surface area contributed by atoms with Gasteiger partial charge in [-0.1, -0.05) is 37.6 Å². The molecule has 1 aromatic heterocycles. The van der Waals surface area contributed by atoms with Gasteiger partial charge >= 0.3 is 0 Å². The molecule has 0 atom stereocenters. The molecule has 0 aliphatic carbocycles. The summed E-state index contributed by atoms with van der Waals surface area (Å²) >= 11 is 0. The second-order valence-electron chi connectivity index (χ2n) is 4.37. The standard InChI is InChI=1S/C15H18N2/c1-3-5-12-6-4-7-13(9-12)14-10-17-15(16)8-11(14)2/h4,6-10H,3,5H2,1-2H3,(H2,16,17).